The summed E-state index contributed by atoms with van der Waals surface area (Å²) in [6.45, 7) is 4.19. The van der Waals surface area contributed by atoms with Crippen LogP contribution < -0.4 is 0 Å². The van der Waals surface area contributed by atoms with Crippen molar-refractivity contribution in [1.82, 2.24) is 14.8 Å². The highest BCUT2D eigenvalue weighted by Gasteiger charge is 2.27. The molecule has 1 aromatic carbocycles. The maximum Gasteiger partial charge on any atom is 0.163 e. The number of carbonyl (C=O) groups is 1. The van der Waals surface area contributed by atoms with Crippen LogP contribution in [0.25, 0.3) is 11.4 Å². The molecule has 0 amide bonds. The first-order valence-electron chi connectivity index (χ1n) is 6.45. The first-order chi connectivity index (χ1) is 9.06. The van der Waals surface area contributed by atoms with E-state index in [9.17, 15) is 4.79 Å². The number of carbonyl (C=O) groups excluding carboxylic acids is 1. The minimum Gasteiger partial charge on any atom is -0.314 e. The van der Waals surface area contributed by atoms with Gasteiger partial charge in [0.25, 0.3) is 0 Å². The zero-order valence-corrected chi connectivity index (χ0v) is 11.6. The molecule has 1 aromatic heterocycles. The summed E-state index contributed by atoms with van der Waals surface area (Å²) in [4.78, 5) is 10.6. The van der Waals surface area contributed by atoms with Crippen molar-refractivity contribution in [3.05, 3.63) is 36.2 Å². The monoisotopic (exact) mass is 257 g/mol. The summed E-state index contributed by atoms with van der Waals surface area (Å²) in [6.07, 6.45) is 2.27. The topological polar surface area (TPSA) is 47.8 Å². The van der Waals surface area contributed by atoms with Crippen LogP contribution in [0.4, 0.5) is 0 Å². The van der Waals surface area contributed by atoms with Crippen molar-refractivity contribution in [1.29, 1.82) is 0 Å². The lowest BCUT2D eigenvalue weighted by Gasteiger charge is -2.22. The highest BCUT2D eigenvalue weighted by atomic mass is 16.1. The minimum absolute atomic E-state index is 0.157. The Kier molecular flexibility index (Phi) is 3.79. The van der Waals surface area contributed by atoms with E-state index in [0.717, 1.165) is 29.9 Å². The first-order valence-corrected chi connectivity index (χ1v) is 6.45. The van der Waals surface area contributed by atoms with E-state index in [1.54, 1.807) is 0 Å². The molecule has 0 aliphatic carbocycles. The van der Waals surface area contributed by atoms with E-state index in [4.69, 9.17) is 0 Å². The molecule has 19 heavy (non-hydrogen) atoms. The minimum atomic E-state index is -0.157. The second kappa shape index (κ2) is 5.34. The van der Waals surface area contributed by atoms with E-state index >= 15 is 0 Å². The van der Waals surface area contributed by atoms with Gasteiger partial charge in [-0.15, -0.1) is 10.2 Å². The summed E-state index contributed by atoms with van der Waals surface area (Å²) in [5.74, 6) is 1.77. The lowest BCUT2D eigenvalue weighted by atomic mass is 9.87. The van der Waals surface area contributed by atoms with Crippen LogP contribution in [-0.4, -0.2) is 21.1 Å². The lowest BCUT2D eigenvalue weighted by Crippen LogP contribution is -2.22. The molecule has 0 radical (unpaired) electrons. The molecule has 0 spiro atoms. The summed E-state index contributed by atoms with van der Waals surface area (Å²) in [5.41, 5.74) is 0.894. The van der Waals surface area contributed by atoms with E-state index in [1.165, 1.54) is 0 Å². The van der Waals surface area contributed by atoms with Gasteiger partial charge in [0.2, 0.25) is 0 Å². The molecule has 0 N–H and O–H groups in total. The molecule has 0 saturated carbocycles. The Morgan fingerprint density at radius 3 is 2.53 bits per heavy atom. The van der Waals surface area contributed by atoms with Gasteiger partial charge in [-0.25, -0.2) is 0 Å². The van der Waals surface area contributed by atoms with Crippen LogP contribution in [0.1, 0.15) is 32.5 Å². The van der Waals surface area contributed by atoms with Gasteiger partial charge < -0.3 is 9.36 Å². The fourth-order valence-corrected chi connectivity index (χ4v) is 2.29. The SMILES string of the molecule is Cn1c(-c2ccccc2)nnc1C(C)(C)CCC=O. The van der Waals surface area contributed by atoms with Crippen molar-refractivity contribution >= 4 is 6.29 Å². The number of hydrogen-bond donors (Lipinski definition) is 0. The summed E-state index contributed by atoms with van der Waals surface area (Å²) in [5, 5.41) is 8.60. The predicted molar refractivity (Wildman–Crippen MR) is 74.8 cm³/mol. The molecule has 0 aliphatic heterocycles. The van der Waals surface area contributed by atoms with Crippen LogP contribution in [0.5, 0.6) is 0 Å². The van der Waals surface area contributed by atoms with Crippen molar-refractivity contribution in [2.24, 2.45) is 7.05 Å². The maximum absolute atomic E-state index is 10.6. The Morgan fingerprint density at radius 2 is 1.89 bits per heavy atom. The Morgan fingerprint density at radius 1 is 1.21 bits per heavy atom. The van der Waals surface area contributed by atoms with Crippen molar-refractivity contribution in [2.75, 3.05) is 0 Å². The van der Waals surface area contributed by atoms with Crippen LogP contribution >= 0.6 is 0 Å². The fraction of sp³-hybridized carbons (Fsp3) is 0.400. The van der Waals surface area contributed by atoms with Gasteiger partial charge in [-0.05, 0) is 6.42 Å². The third-order valence-corrected chi connectivity index (χ3v) is 3.40. The van der Waals surface area contributed by atoms with Gasteiger partial charge in [-0.1, -0.05) is 44.2 Å². The third-order valence-electron chi connectivity index (χ3n) is 3.40. The zero-order chi connectivity index (χ0) is 13.9. The summed E-state index contributed by atoms with van der Waals surface area (Å²) in [6, 6.07) is 10.00. The molecule has 0 aliphatic rings. The maximum atomic E-state index is 10.6. The van der Waals surface area contributed by atoms with Gasteiger partial charge in [0.1, 0.15) is 12.1 Å². The molecule has 0 fully saturated rings. The first kappa shape index (κ1) is 13.5. The van der Waals surface area contributed by atoms with Crippen LogP contribution in [0.3, 0.4) is 0 Å². The highest BCUT2D eigenvalue weighted by Crippen LogP contribution is 2.28. The van der Waals surface area contributed by atoms with Crippen molar-refractivity contribution in [3.8, 4) is 11.4 Å². The molecule has 2 rings (SSSR count). The zero-order valence-electron chi connectivity index (χ0n) is 11.6. The van der Waals surface area contributed by atoms with Gasteiger partial charge >= 0.3 is 0 Å². The highest BCUT2D eigenvalue weighted by molar-refractivity contribution is 5.55. The molecule has 0 bridgehead atoms. The average Bonchev–Trinajstić information content (AvgIpc) is 2.80. The molecular formula is C15H19N3O. The normalized spacial score (nSPS) is 11.5. The molecule has 0 atom stereocenters. The number of benzene rings is 1. The summed E-state index contributed by atoms with van der Waals surface area (Å²) in [7, 11) is 1.97. The largest absolute Gasteiger partial charge is 0.314 e. The molecule has 4 nitrogen and oxygen atoms in total. The van der Waals surface area contributed by atoms with Gasteiger partial charge in [0, 0.05) is 24.4 Å². The van der Waals surface area contributed by atoms with Crippen LogP contribution in [0.15, 0.2) is 30.3 Å². The number of aldehydes is 1. The molecule has 0 unspecified atom stereocenters. The second-order valence-corrected chi connectivity index (χ2v) is 5.36. The fourth-order valence-electron chi connectivity index (χ4n) is 2.29. The quantitative estimate of drug-likeness (QED) is 0.774. The van der Waals surface area contributed by atoms with Crippen LogP contribution in [0.2, 0.25) is 0 Å². The Labute approximate surface area is 113 Å². The smallest absolute Gasteiger partial charge is 0.163 e. The van der Waals surface area contributed by atoms with E-state index in [0.29, 0.717) is 6.42 Å². The lowest BCUT2D eigenvalue weighted by molar-refractivity contribution is -0.108. The molecule has 2 aromatic rings. The Balaban J connectivity index is 2.35. The predicted octanol–water partition coefficient (Wildman–Crippen LogP) is 2.74. The van der Waals surface area contributed by atoms with Crippen molar-refractivity contribution < 1.29 is 4.79 Å². The van der Waals surface area contributed by atoms with Crippen molar-refractivity contribution in [3.63, 3.8) is 0 Å². The number of hydrogen-bond acceptors (Lipinski definition) is 3. The third kappa shape index (κ3) is 2.72. The molecule has 1 heterocycles. The van der Waals surface area contributed by atoms with Gasteiger partial charge in [-0.2, -0.15) is 0 Å². The summed E-state index contributed by atoms with van der Waals surface area (Å²) < 4.78 is 2.01. The second-order valence-electron chi connectivity index (χ2n) is 5.36. The Hall–Kier alpha value is -1.97. The van der Waals surface area contributed by atoms with Crippen LogP contribution in [-0.2, 0) is 17.3 Å². The molecule has 4 heteroatoms. The number of rotatable bonds is 5. The average molecular weight is 257 g/mol. The molecule has 100 valence electrons. The van der Waals surface area contributed by atoms with E-state index in [2.05, 4.69) is 24.0 Å². The Bertz CT molecular complexity index is 558. The van der Waals surface area contributed by atoms with Gasteiger partial charge in [-0.3, -0.25) is 0 Å². The van der Waals surface area contributed by atoms with Crippen molar-refractivity contribution in [2.45, 2.75) is 32.1 Å². The standard InChI is InChI=1S/C15H19N3O/c1-15(2,10-7-11-19)14-17-16-13(18(14)3)12-8-5-4-6-9-12/h4-6,8-9,11H,7,10H2,1-3H3. The number of aromatic nitrogens is 3. The van der Waals surface area contributed by atoms with E-state index in [-0.39, 0.29) is 5.41 Å². The van der Waals surface area contributed by atoms with E-state index < -0.39 is 0 Å². The number of nitrogens with zero attached hydrogens (tertiary/aromatic N) is 3. The molecular weight excluding hydrogens is 238 g/mol. The van der Waals surface area contributed by atoms with E-state index in [1.807, 2.05) is 41.9 Å². The molecule has 0 saturated heterocycles. The summed E-state index contributed by atoms with van der Waals surface area (Å²) >= 11 is 0. The van der Waals surface area contributed by atoms with Gasteiger partial charge in [0.05, 0.1) is 0 Å². The van der Waals surface area contributed by atoms with Gasteiger partial charge in [0.15, 0.2) is 5.82 Å². The van der Waals surface area contributed by atoms with Crippen LogP contribution in [0, 0.1) is 0 Å².